The van der Waals surface area contributed by atoms with Crippen LogP contribution in [0.4, 0.5) is 0 Å². The third kappa shape index (κ3) is 82.6. The van der Waals surface area contributed by atoms with Gasteiger partial charge in [0.2, 0.25) is 0 Å². The second-order valence-electron chi connectivity index (χ2n) is 1.66. The Bertz CT molecular complexity index is 70.0. The molecule has 4 N–H and O–H groups in total. The SMILES string of the molecule is CC(=O)O.CC(O)[CH2][Hg].O. The minimum atomic E-state index is -0.833. The number of aliphatic hydroxyl groups excluding tert-OH is 1. The van der Waals surface area contributed by atoms with Gasteiger partial charge < -0.3 is 10.6 Å². The van der Waals surface area contributed by atoms with Crippen molar-refractivity contribution in [2.45, 2.75) is 23.9 Å². The van der Waals surface area contributed by atoms with Crippen molar-refractivity contribution >= 4 is 5.97 Å². The summed E-state index contributed by atoms with van der Waals surface area (Å²) in [6.07, 6.45) is -0.0293. The average Bonchev–Trinajstić information content (AvgIpc) is 1.65. The molecule has 0 radical (unpaired) electrons. The molecule has 0 aliphatic heterocycles. The van der Waals surface area contributed by atoms with Gasteiger partial charge in [-0.1, -0.05) is 0 Å². The molecule has 0 aliphatic carbocycles. The summed E-state index contributed by atoms with van der Waals surface area (Å²) in [4.78, 5) is 9.00. The molecule has 0 spiro atoms. The summed E-state index contributed by atoms with van der Waals surface area (Å²) in [5, 5.41) is 15.8. The minimum absolute atomic E-state index is 0. The standard InChI is InChI=1S/C3H7O.C2H4O2.Hg.H2O/c1-3(2)4;1-2(3)4;;/h3-4H,1H2,2H3;1H3,(H,3,4);;1H2. The largest absolute Gasteiger partial charge is 0.412 e. The van der Waals surface area contributed by atoms with Crippen LogP contribution in [0.1, 0.15) is 13.8 Å². The fourth-order valence-electron chi connectivity index (χ4n) is 0. The van der Waals surface area contributed by atoms with Crippen LogP contribution in [0, 0.1) is 0 Å². The number of rotatable bonds is 1. The van der Waals surface area contributed by atoms with Crippen LogP contribution >= 0.6 is 0 Å². The molecule has 0 aromatic rings. The van der Waals surface area contributed by atoms with Crippen molar-refractivity contribution < 1.29 is 46.6 Å². The molecule has 0 aromatic carbocycles. The first-order chi connectivity index (χ1) is 4.00. The Labute approximate surface area is 76.5 Å². The number of hydrogen-bond donors (Lipinski definition) is 2. The first kappa shape index (κ1) is 16.7. The first-order valence-electron chi connectivity index (χ1n) is 2.67. The molecule has 0 heterocycles. The van der Waals surface area contributed by atoms with Gasteiger partial charge in [-0.05, 0) is 0 Å². The molecule has 10 heavy (non-hydrogen) atoms. The van der Waals surface area contributed by atoms with Gasteiger partial charge >= 0.3 is 48.2 Å². The quantitative estimate of drug-likeness (QED) is 0.638. The summed E-state index contributed by atoms with van der Waals surface area (Å²) in [6.45, 7) is 2.91. The van der Waals surface area contributed by atoms with Gasteiger partial charge in [0, 0.05) is 6.92 Å². The van der Waals surface area contributed by atoms with Crippen molar-refractivity contribution in [3.05, 3.63) is 0 Å². The molecule has 1 atom stereocenters. The molecule has 0 amide bonds. The molecule has 1 unspecified atom stereocenters. The predicted octanol–water partition coefficient (Wildman–Crippen LogP) is -0.402. The van der Waals surface area contributed by atoms with Crippen LogP contribution in [-0.2, 0) is 30.9 Å². The van der Waals surface area contributed by atoms with Crippen molar-refractivity contribution in [2.75, 3.05) is 0 Å². The maximum atomic E-state index is 9.00. The van der Waals surface area contributed by atoms with Gasteiger partial charge in [-0.2, -0.15) is 0 Å². The van der Waals surface area contributed by atoms with Gasteiger partial charge in [0.15, 0.2) is 0 Å². The normalized spacial score (nSPS) is 10.1. The van der Waals surface area contributed by atoms with Crippen LogP contribution in [-0.4, -0.2) is 27.8 Å². The predicted molar refractivity (Wildman–Crippen MR) is 33.4 cm³/mol. The first-order valence-corrected chi connectivity index (χ1v) is 6.56. The van der Waals surface area contributed by atoms with Crippen molar-refractivity contribution in [2.24, 2.45) is 0 Å². The molecule has 0 saturated carbocycles. The van der Waals surface area contributed by atoms with E-state index in [4.69, 9.17) is 15.0 Å². The van der Waals surface area contributed by atoms with Crippen LogP contribution < -0.4 is 0 Å². The van der Waals surface area contributed by atoms with Crippen molar-refractivity contribution in [3.8, 4) is 0 Å². The Morgan fingerprint density at radius 1 is 1.70 bits per heavy atom. The summed E-state index contributed by atoms with van der Waals surface area (Å²) < 4.78 is 1.06. The molecule has 59 valence electrons. The average molecular weight is 338 g/mol. The van der Waals surface area contributed by atoms with E-state index in [-0.39, 0.29) is 11.6 Å². The third-order valence-electron chi connectivity index (χ3n) is 0.418. The van der Waals surface area contributed by atoms with Crippen LogP contribution in [0.2, 0.25) is 3.93 Å². The summed E-state index contributed by atoms with van der Waals surface area (Å²) >= 11 is 0.793. The Balaban J connectivity index is -0.0000000910. The van der Waals surface area contributed by atoms with Gasteiger partial charge in [0.1, 0.15) is 0 Å². The molecule has 0 rings (SSSR count). The van der Waals surface area contributed by atoms with Gasteiger partial charge in [-0.15, -0.1) is 0 Å². The molecule has 0 aliphatic rings. The Morgan fingerprint density at radius 3 is 1.80 bits per heavy atom. The van der Waals surface area contributed by atoms with E-state index < -0.39 is 5.97 Å². The van der Waals surface area contributed by atoms with Gasteiger partial charge in [-0.25, -0.2) is 0 Å². The van der Waals surface area contributed by atoms with Crippen LogP contribution in [0.3, 0.4) is 0 Å². The maximum absolute atomic E-state index is 9.00. The molecular weight excluding hydrogens is 325 g/mol. The number of carboxylic acids is 1. The molecular formula is C5H13HgO4. The summed E-state index contributed by atoms with van der Waals surface area (Å²) in [5.74, 6) is -0.833. The number of aliphatic carboxylic acids is 1. The van der Waals surface area contributed by atoms with E-state index in [9.17, 15) is 0 Å². The fraction of sp³-hybridized carbons (Fsp3) is 0.800. The Kier molecular flexibility index (Phi) is 20.2. The van der Waals surface area contributed by atoms with E-state index >= 15 is 0 Å². The minimum Gasteiger partial charge on any atom is -0.412 e. The van der Waals surface area contributed by atoms with Crippen molar-refractivity contribution in [1.82, 2.24) is 0 Å². The zero-order valence-corrected chi connectivity index (χ0v) is 11.8. The fourth-order valence-corrected chi connectivity index (χ4v) is 0. The summed E-state index contributed by atoms with van der Waals surface area (Å²) in [7, 11) is 0. The second kappa shape index (κ2) is 12.0. The van der Waals surface area contributed by atoms with E-state index in [1.54, 1.807) is 0 Å². The van der Waals surface area contributed by atoms with Gasteiger partial charge in [0.25, 0.3) is 5.97 Å². The number of hydrogen-bond acceptors (Lipinski definition) is 2. The van der Waals surface area contributed by atoms with E-state index in [0.717, 1.165) is 37.0 Å². The molecule has 0 aromatic heterocycles. The third-order valence-corrected chi connectivity index (χ3v) is 3.67. The van der Waals surface area contributed by atoms with Gasteiger partial charge in [0.05, 0.1) is 0 Å². The smallest absolute Gasteiger partial charge is 0.412 e. The molecule has 5 heteroatoms. The van der Waals surface area contributed by atoms with Gasteiger partial charge in [-0.3, -0.25) is 4.79 Å². The number of carbonyl (C=O) groups is 1. The number of carboxylic acid groups (broad SMARTS) is 1. The molecule has 4 nitrogen and oxygen atoms in total. The topological polar surface area (TPSA) is 89.0 Å². The van der Waals surface area contributed by atoms with E-state index in [1.807, 2.05) is 6.92 Å². The second-order valence-corrected chi connectivity index (χ2v) is 3.90. The van der Waals surface area contributed by atoms with Crippen LogP contribution in [0.15, 0.2) is 0 Å². The van der Waals surface area contributed by atoms with Crippen LogP contribution in [0.5, 0.6) is 0 Å². The van der Waals surface area contributed by atoms with Crippen molar-refractivity contribution in [3.63, 3.8) is 0 Å². The van der Waals surface area contributed by atoms with Crippen molar-refractivity contribution in [1.29, 1.82) is 0 Å². The summed E-state index contributed by atoms with van der Waals surface area (Å²) in [6, 6.07) is 0. The molecule has 0 saturated heterocycles. The molecule has 0 fully saturated rings. The zero-order valence-electron chi connectivity index (χ0n) is 6.29. The summed E-state index contributed by atoms with van der Waals surface area (Å²) in [5.41, 5.74) is 0. The van der Waals surface area contributed by atoms with Crippen LogP contribution in [0.25, 0.3) is 0 Å². The maximum Gasteiger partial charge on any atom is -0.412 e. The number of aliphatic hydroxyl groups is 1. The Morgan fingerprint density at radius 2 is 1.80 bits per heavy atom. The zero-order chi connectivity index (χ0) is 7.86. The Hall–Kier alpha value is 0.325. The van der Waals surface area contributed by atoms with E-state index in [1.165, 1.54) is 0 Å². The monoisotopic (exact) mass is 339 g/mol. The van der Waals surface area contributed by atoms with E-state index in [0.29, 0.717) is 0 Å². The van der Waals surface area contributed by atoms with E-state index in [2.05, 4.69) is 0 Å². The molecule has 0 bridgehead atoms.